The van der Waals surface area contributed by atoms with Gasteiger partial charge in [-0.3, -0.25) is 9.20 Å². The highest BCUT2D eigenvalue weighted by molar-refractivity contribution is 7.85. The minimum Gasteiger partial charge on any atom is -0.383 e. The lowest BCUT2D eigenvalue weighted by Gasteiger charge is -2.30. The van der Waals surface area contributed by atoms with Crippen LogP contribution in [0.1, 0.15) is 46.0 Å². The summed E-state index contributed by atoms with van der Waals surface area (Å²) in [6, 6.07) is 0.386. The van der Waals surface area contributed by atoms with Crippen molar-refractivity contribution >= 4 is 16.8 Å². The topological polar surface area (TPSA) is 66.0 Å². The Bertz CT molecular complexity index is 407. The molecule has 0 amide bonds. The van der Waals surface area contributed by atoms with Crippen LogP contribution in [0.5, 0.6) is 0 Å². The van der Waals surface area contributed by atoms with E-state index in [2.05, 4.69) is 29.5 Å². The molecule has 1 fully saturated rings. The van der Waals surface area contributed by atoms with Gasteiger partial charge >= 0.3 is 0 Å². The Labute approximate surface area is 156 Å². The average Bonchev–Trinajstić information content (AvgIpc) is 2.63. The smallest absolute Gasteiger partial charge is 0.191 e. The lowest BCUT2D eigenvalue weighted by Crippen LogP contribution is -2.46. The number of nitrogens with one attached hydrogen (secondary N) is 2. The minimum atomic E-state index is -0.684. The van der Waals surface area contributed by atoms with Crippen LogP contribution in [-0.2, 0) is 15.5 Å². The number of rotatable bonds is 11. The fraction of sp³-hybridized carbons (Fsp3) is 0.944. The average molecular weight is 375 g/mol. The number of methoxy groups -OCH3 is 1. The molecular weight excluding hydrogens is 336 g/mol. The molecule has 1 aliphatic rings. The quantitative estimate of drug-likeness (QED) is 0.327. The Balaban J connectivity index is 2.40. The molecule has 6 nitrogen and oxygen atoms in total. The molecule has 0 bridgehead atoms. The predicted octanol–water partition coefficient (Wildman–Crippen LogP) is 1.59. The predicted molar refractivity (Wildman–Crippen MR) is 108 cm³/mol. The van der Waals surface area contributed by atoms with Crippen molar-refractivity contribution in [3.05, 3.63) is 0 Å². The zero-order valence-corrected chi connectivity index (χ0v) is 17.4. The van der Waals surface area contributed by atoms with Crippen LogP contribution >= 0.6 is 0 Å². The van der Waals surface area contributed by atoms with Crippen molar-refractivity contribution in [3.63, 3.8) is 0 Å². The number of guanidine groups is 1. The van der Waals surface area contributed by atoms with Crippen molar-refractivity contribution in [2.45, 2.75) is 57.2 Å². The molecule has 0 radical (unpaired) electrons. The van der Waals surface area contributed by atoms with Crippen molar-refractivity contribution in [3.8, 4) is 0 Å². The van der Waals surface area contributed by atoms with Crippen LogP contribution in [0.15, 0.2) is 4.99 Å². The van der Waals surface area contributed by atoms with E-state index in [1.54, 1.807) is 7.11 Å². The Hall–Kier alpha value is -0.660. The number of hydrogen-bond acceptors (Lipinski definition) is 4. The number of hydrogen-bond donors (Lipinski definition) is 2. The van der Waals surface area contributed by atoms with Gasteiger partial charge in [-0.05, 0) is 46.2 Å². The standard InChI is InChI=1S/C18H38N4O2S/c1-5-19-18(20-11-8-12-22(3)13-14-24-4)21-16-9-7-10-17(15-16)25(23)6-2/h16-17H,5-15H2,1-4H3,(H2,19,20,21). The summed E-state index contributed by atoms with van der Waals surface area (Å²) in [5.41, 5.74) is 0. The molecule has 1 aliphatic carbocycles. The first kappa shape index (κ1) is 22.4. The van der Waals surface area contributed by atoms with Crippen molar-refractivity contribution in [1.29, 1.82) is 0 Å². The molecule has 0 aliphatic heterocycles. The molecule has 1 saturated carbocycles. The van der Waals surface area contributed by atoms with Gasteiger partial charge in [0.25, 0.3) is 0 Å². The molecule has 148 valence electrons. The molecule has 25 heavy (non-hydrogen) atoms. The second-order valence-corrected chi connectivity index (χ2v) is 8.72. The zero-order chi connectivity index (χ0) is 18.5. The van der Waals surface area contributed by atoms with E-state index in [-0.39, 0.29) is 0 Å². The van der Waals surface area contributed by atoms with E-state index in [9.17, 15) is 4.21 Å². The van der Waals surface area contributed by atoms with Crippen LogP contribution in [0.3, 0.4) is 0 Å². The SMILES string of the molecule is CCNC(=NCCCN(C)CCOC)NC1CCCC(S(=O)CC)C1. The Morgan fingerprint density at radius 3 is 2.80 bits per heavy atom. The van der Waals surface area contributed by atoms with E-state index in [0.29, 0.717) is 11.3 Å². The van der Waals surface area contributed by atoms with Gasteiger partial charge in [-0.25, -0.2) is 0 Å². The molecule has 1 rings (SSSR count). The van der Waals surface area contributed by atoms with Gasteiger partial charge in [0.2, 0.25) is 0 Å². The summed E-state index contributed by atoms with van der Waals surface area (Å²) in [7, 11) is 3.16. The Morgan fingerprint density at radius 2 is 2.12 bits per heavy atom. The van der Waals surface area contributed by atoms with Crippen LogP contribution in [0.25, 0.3) is 0 Å². The lowest BCUT2D eigenvalue weighted by molar-refractivity contribution is 0.161. The van der Waals surface area contributed by atoms with Gasteiger partial charge in [0, 0.05) is 54.6 Å². The van der Waals surface area contributed by atoms with Crippen LogP contribution in [-0.4, -0.2) is 79.1 Å². The largest absolute Gasteiger partial charge is 0.383 e. The summed E-state index contributed by atoms with van der Waals surface area (Å²) in [4.78, 5) is 6.98. The Kier molecular flexibility index (Phi) is 12.1. The number of aliphatic imine (C=N–C) groups is 1. The van der Waals surface area contributed by atoms with Crippen molar-refractivity contribution in [1.82, 2.24) is 15.5 Å². The maximum absolute atomic E-state index is 12.1. The van der Waals surface area contributed by atoms with Gasteiger partial charge in [-0.15, -0.1) is 0 Å². The first-order chi connectivity index (χ1) is 12.1. The minimum absolute atomic E-state index is 0.341. The summed E-state index contributed by atoms with van der Waals surface area (Å²) in [6.07, 6.45) is 5.41. The van der Waals surface area contributed by atoms with Crippen molar-refractivity contribution < 1.29 is 8.95 Å². The molecule has 3 unspecified atom stereocenters. The van der Waals surface area contributed by atoms with Crippen LogP contribution < -0.4 is 10.6 Å². The molecule has 2 N–H and O–H groups in total. The third-order valence-corrected chi connectivity index (χ3v) is 6.35. The van der Waals surface area contributed by atoms with Crippen molar-refractivity contribution in [2.24, 2.45) is 4.99 Å². The number of ether oxygens (including phenoxy) is 1. The molecule has 0 aromatic rings. The van der Waals surface area contributed by atoms with Crippen LogP contribution in [0.2, 0.25) is 0 Å². The molecule has 0 heterocycles. The summed E-state index contributed by atoms with van der Waals surface area (Å²) >= 11 is 0. The highest BCUT2D eigenvalue weighted by Gasteiger charge is 2.25. The van der Waals surface area contributed by atoms with Gasteiger partial charge in [0.1, 0.15) is 0 Å². The van der Waals surface area contributed by atoms with Crippen molar-refractivity contribution in [2.75, 3.05) is 52.7 Å². The van der Waals surface area contributed by atoms with Gasteiger partial charge in [-0.2, -0.15) is 0 Å². The molecule has 0 spiro atoms. The van der Waals surface area contributed by atoms with E-state index in [1.165, 1.54) is 0 Å². The normalized spacial score (nSPS) is 22.8. The first-order valence-corrected chi connectivity index (χ1v) is 11.1. The van der Waals surface area contributed by atoms with Gasteiger partial charge in [-0.1, -0.05) is 13.3 Å². The van der Waals surface area contributed by atoms with Gasteiger partial charge < -0.3 is 20.3 Å². The zero-order valence-electron chi connectivity index (χ0n) is 16.6. The molecule has 0 aromatic heterocycles. The van der Waals surface area contributed by atoms with E-state index < -0.39 is 10.8 Å². The monoisotopic (exact) mass is 374 g/mol. The fourth-order valence-corrected chi connectivity index (χ4v) is 4.50. The van der Waals surface area contributed by atoms with E-state index in [4.69, 9.17) is 9.73 Å². The summed E-state index contributed by atoms with van der Waals surface area (Å²) in [5, 5.41) is 7.24. The Morgan fingerprint density at radius 1 is 1.32 bits per heavy atom. The molecule has 7 heteroatoms. The highest BCUT2D eigenvalue weighted by atomic mass is 32.2. The van der Waals surface area contributed by atoms with Gasteiger partial charge in [0.05, 0.1) is 6.61 Å². The lowest BCUT2D eigenvalue weighted by atomic mass is 9.95. The molecule has 0 aromatic carbocycles. The second-order valence-electron chi connectivity index (χ2n) is 6.71. The summed E-state index contributed by atoms with van der Waals surface area (Å²) in [5.74, 6) is 1.66. The van der Waals surface area contributed by atoms with E-state index in [0.717, 1.165) is 76.6 Å². The summed E-state index contributed by atoms with van der Waals surface area (Å²) in [6.45, 7) is 8.52. The third kappa shape index (κ3) is 9.56. The molecular formula is C18H38N4O2S. The van der Waals surface area contributed by atoms with E-state index >= 15 is 0 Å². The maximum Gasteiger partial charge on any atom is 0.191 e. The van der Waals surface area contributed by atoms with E-state index in [1.807, 2.05) is 6.92 Å². The second kappa shape index (κ2) is 13.5. The summed E-state index contributed by atoms with van der Waals surface area (Å²) < 4.78 is 17.2. The highest BCUT2D eigenvalue weighted by Crippen LogP contribution is 2.22. The van der Waals surface area contributed by atoms with Crippen LogP contribution in [0.4, 0.5) is 0 Å². The maximum atomic E-state index is 12.1. The first-order valence-electron chi connectivity index (χ1n) is 9.70. The number of likely N-dealkylation sites (N-methyl/N-ethyl adjacent to an activating group) is 1. The van der Waals surface area contributed by atoms with Gasteiger partial charge in [0.15, 0.2) is 5.96 Å². The number of nitrogens with zero attached hydrogens (tertiary/aromatic N) is 2. The molecule has 0 saturated heterocycles. The fourth-order valence-electron chi connectivity index (χ4n) is 3.15. The molecule has 3 atom stereocenters. The van der Waals surface area contributed by atoms with Crippen LogP contribution in [0, 0.1) is 0 Å². The third-order valence-electron chi connectivity index (χ3n) is 4.61.